The second-order valence-corrected chi connectivity index (χ2v) is 4.57. The smallest absolute Gasteiger partial charge is 0.292 e. The van der Waals surface area contributed by atoms with Gasteiger partial charge in [-0.1, -0.05) is 6.92 Å². The highest BCUT2D eigenvalue weighted by Gasteiger charge is 2.18. The van der Waals surface area contributed by atoms with E-state index in [0.29, 0.717) is 6.42 Å². The SMILES string of the molecule is CCC(CO)NCCC(O)S(=O)(=O)O. The lowest BCUT2D eigenvalue weighted by atomic mass is 10.2. The van der Waals surface area contributed by atoms with Gasteiger partial charge in [0.1, 0.15) is 0 Å². The van der Waals surface area contributed by atoms with Gasteiger partial charge in [-0.2, -0.15) is 8.42 Å². The number of hydrogen-bond acceptors (Lipinski definition) is 5. The van der Waals surface area contributed by atoms with Gasteiger partial charge in [-0.25, -0.2) is 0 Å². The predicted octanol–water partition coefficient (Wildman–Crippen LogP) is -1.06. The van der Waals surface area contributed by atoms with E-state index in [0.717, 1.165) is 0 Å². The molecule has 0 aliphatic carbocycles. The van der Waals surface area contributed by atoms with Crippen molar-refractivity contribution in [3.05, 3.63) is 0 Å². The van der Waals surface area contributed by atoms with Crippen LogP contribution in [-0.2, 0) is 10.1 Å². The first-order valence-corrected chi connectivity index (χ1v) is 5.90. The van der Waals surface area contributed by atoms with Crippen molar-refractivity contribution < 1.29 is 23.2 Å². The summed E-state index contributed by atoms with van der Waals surface area (Å²) in [7, 11) is -4.36. The van der Waals surface area contributed by atoms with Gasteiger partial charge < -0.3 is 15.5 Å². The molecule has 0 saturated carbocycles. The van der Waals surface area contributed by atoms with E-state index in [-0.39, 0.29) is 25.6 Å². The molecule has 0 heterocycles. The van der Waals surface area contributed by atoms with Crippen LogP contribution in [0.2, 0.25) is 0 Å². The van der Waals surface area contributed by atoms with Crippen LogP contribution in [0.4, 0.5) is 0 Å². The molecule has 6 nitrogen and oxygen atoms in total. The van der Waals surface area contributed by atoms with Crippen LogP contribution < -0.4 is 5.32 Å². The van der Waals surface area contributed by atoms with Gasteiger partial charge in [0.25, 0.3) is 10.1 Å². The molecule has 14 heavy (non-hydrogen) atoms. The first kappa shape index (κ1) is 13.8. The molecule has 0 aromatic rings. The molecule has 0 aliphatic heterocycles. The fourth-order valence-electron chi connectivity index (χ4n) is 0.898. The maximum Gasteiger partial charge on any atom is 0.292 e. The monoisotopic (exact) mass is 227 g/mol. The van der Waals surface area contributed by atoms with Crippen LogP contribution >= 0.6 is 0 Å². The summed E-state index contributed by atoms with van der Waals surface area (Å²) < 4.78 is 29.2. The molecule has 0 rings (SSSR count). The Hall–Kier alpha value is -0.210. The van der Waals surface area contributed by atoms with E-state index in [1.165, 1.54) is 0 Å². The van der Waals surface area contributed by atoms with Crippen LogP contribution in [0.15, 0.2) is 0 Å². The minimum atomic E-state index is -4.36. The molecule has 0 bridgehead atoms. The summed E-state index contributed by atoms with van der Waals surface area (Å²) in [5.41, 5.74) is -1.76. The van der Waals surface area contributed by atoms with Gasteiger partial charge in [0, 0.05) is 12.5 Å². The van der Waals surface area contributed by atoms with Gasteiger partial charge in [0.2, 0.25) is 0 Å². The van der Waals surface area contributed by atoms with Gasteiger partial charge in [0.05, 0.1) is 6.61 Å². The molecule has 0 spiro atoms. The maximum absolute atomic E-state index is 10.4. The molecule has 0 aliphatic rings. The van der Waals surface area contributed by atoms with Crippen molar-refractivity contribution in [2.45, 2.75) is 31.2 Å². The molecule has 0 fully saturated rings. The highest BCUT2D eigenvalue weighted by molar-refractivity contribution is 7.86. The van der Waals surface area contributed by atoms with E-state index in [4.69, 9.17) is 14.8 Å². The summed E-state index contributed by atoms with van der Waals surface area (Å²) in [6.07, 6.45) is 0.605. The Morgan fingerprint density at radius 1 is 1.43 bits per heavy atom. The molecule has 7 heteroatoms. The van der Waals surface area contributed by atoms with Gasteiger partial charge in [-0.3, -0.25) is 4.55 Å². The maximum atomic E-state index is 10.4. The second kappa shape index (κ2) is 6.31. The van der Waals surface area contributed by atoms with E-state index in [1.807, 2.05) is 6.92 Å². The van der Waals surface area contributed by atoms with Crippen molar-refractivity contribution in [1.29, 1.82) is 0 Å². The third kappa shape index (κ3) is 5.51. The quantitative estimate of drug-likeness (QED) is 0.413. The van der Waals surface area contributed by atoms with E-state index < -0.39 is 15.6 Å². The number of aliphatic hydroxyl groups is 2. The Bertz CT molecular complexity index is 236. The molecule has 0 amide bonds. The Kier molecular flexibility index (Phi) is 6.21. The number of nitrogens with one attached hydrogen (secondary N) is 1. The molecule has 2 unspecified atom stereocenters. The molecular formula is C7H17NO5S. The lowest BCUT2D eigenvalue weighted by Gasteiger charge is -2.14. The molecule has 2 atom stereocenters. The lowest BCUT2D eigenvalue weighted by Crippen LogP contribution is -2.35. The van der Waals surface area contributed by atoms with Crippen molar-refractivity contribution in [1.82, 2.24) is 5.32 Å². The zero-order valence-corrected chi connectivity index (χ0v) is 8.87. The summed E-state index contributed by atoms with van der Waals surface area (Å²) >= 11 is 0. The number of hydrogen-bond donors (Lipinski definition) is 4. The normalized spacial score (nSPS) is 16.6. The molecule has 86 valence electrons. The first-order valence-electron chi connectivity index (χ1n) is 4.40. The molecule has 0 aromatic heterocycles. The van der Waals surface area contributed by atoms with Crippen LogP contribution in [0.3, 0.4) is 0 Å². The van der Waals surface area contributed by atoms with Crippen molar-refractivity contribution in [2.75, 3.05) is 13.2 Å². The third-order valence-corrected chi connectivity index (χ3v) is 2.80. The van der Waals surface area contributed by atoms with Crippen molar-refractivity contribution in [3.8, 4) is 0 Å². The summed E-state index contributed by atoms with van der Waals surface area (Å²) in [5, 5.41) is 20.5. The standard InChI is InChI=1S/C7H17NO5S/c1-2-6(5-9)8-4-3-7(10)14(11,12)13/h6-10H,2-5H2,1H3,(H,11,12,13). The largest absolute Gasteiger partial charge is 0.395 e. The van der Waals surface area contributed by atoms with E-state index in [2.05, 4.69) is 5.32 Å². The summed E-state index contributed by atoms with van der Waals surface area (Å²) in [5.74, 6) is 0. The first-order chi connectivity index (χ1) is 6.41. The van der Waals surface area contributed by atoms with Gasteiger partial charge >= 0.3 is 0 Å². The van der Waals surface area contributed by atoms with Gasteiger partial charge in [-0.05, 0) is 13.0 Å². The fraction of sp³-hybridized carbons (Fsp3) is 1.00. The summed E-state index contributed by atoms with van der Waals surface area (Å²) in [6, 6.07) is -0.108. The Morgan fingerprint density at radius 3 is 2.36 bits per heavy atom. The molecule has 4 N–H and O–H groups in total. The van der Waals surface area contributed by atoms with Crippen LogP contribution in [0.25, 0.3) is 0 Å². The highest BCUT2D eigenvalue weighted by Crippen LogP contribution is 1.99. The number of aliphatic hydroxyl groups excluding tert-OH is 2. The lowest BCUT2D eigenvalue weighted by molar-refractivity contribution is 0.208. The summed E-state index contributed by atoms with van der Waals surface area (Å²) in [6.45, 7) is 2.05. The highest BCUT2D eigenvalue weighted by atomic mass is 32.2. The zero-order valence-electron chi connectivity index (χ0n) is 8.05. The minimum Gasteiger partial charge on any atom is -0.395 e. The fourth-order valence-corrected chi connectivity index (χ4v) is 1.31. The predicted molar refractivity (Wildman–Crippen MR) is 51.3 cm³/mol. The van der Waals surface area contributed by atoms with Crippen molar-refractivity contribution >= 4 is 10.1 Å². The van der Waals surface area contributed by atoms with Crippen molar-refractivity contribution in [2.24, 2.45) is 0 Å². The van der Waals surface area contributed by atoms with E-state index in [1.54, 1.807) is 0 Å². The second-order valence-electron chi connectivity index (χ2n) is 3.00. The molecule has 0 aromatic carbocycles. The Labute approximate surface area is 83.7 Å². The Morgan fingerprint density at radius 2 is 2.00 bits per heavy atom. The molecular weight excluding hydrogens is 210 g/mol. The zero-order chi connectivity index (χ0) is 11.2. The number of rotatable bonds is 7. The van der Waals surface area contributed by atoms with E-state index >= 15 is 0 Å². The topological polar surface area (TPSA) is 107 Å². The van der Waals surface area contributed by atoms with Crippen molar-refractivity contribution in [3.63, 3.8) is 0 Å². The molecule has 0 radical (unpaired) electrons. The molecule has 0 saturated heterocycles. The average molecular weight is 227 g/mol. The average Bonchev–Trinajstić information content (AvgIpc) is 2.10. The Balaban J connectivity index is 3.74. The van der Waals surface area contributed by atoms with Crippen LogP contribution in [0.5, 0.6) is 0 Å². The van der Waals surface area contributed by atoms with Crippen LogP contribution in [0.1, 0.15) is 19.8 Å². The van der Waals surface area contributed by atoms with E-state index in [9.17, 15) is 8.42 Å². The van der Waals surface area contributed by atoms with Crippen LogP contribution in [-0.4, -0.2) is 47.8 Å². The van der Waals surface area contributed by atoms with Gasteiger partial charge in [0.15, 0.2) is 5.44 Å². The van der Waals surface area contributed by atoms with Gasteiger partial charge in [-0.15, -0.1) is 0 Å². The minimum absolute atomic E-state index is 0.0432. The third-order valence-electron chi connectivity index (χ3n) is 1.88. The summed E-state index contributed by atoms with van der Waals surface area (Å²) in [4.78, 5) is 0. The van der Waals surface area contributed by atoms with Crippen LogP contribution in [0, 0.1) is 0 Å².